The van der Waals surface area contributed by atoms with Gasteiger partial charge in [-0.05, 0) is 92.6 Å². The van der Waals surface area contributed by atoms with Crippen LogP contribution in [0.4, 0.5) is 0 Å². The number of sulfone groups is 1. The maximum atomic E-state index is 13.8. The normalized spacial score (nSPS) is 20.8. The molecule has 3 aliphatic rings. The van der Waals surface area contributed by atoms with E-state index in [2.05, 4.69) is 5.32 Å². The SMILES string of the molecule is COc1ccc(S(=O)(=O)N2CCC3(CC2)C[C@H](NCC(O)COc2cccc(S(=O)(=O)C4(CO)CC4)c2)CO3)cc1-c1ccc(CCN)cc1. The van der Waals surface area contributed by atoms with Crippen LogP contribution >= 0.6 is 0 Å². The Bertz CT molecular complexity index is 1860. The minimum absolute atomic E-state index is 0.0186. The van der Waals surface area contributed by atoms with E-state index in [9.17, 15) is 27.0 Å². The monoisotopic (exact) mass is 729 g/mol. The van der Waals surface area contributed by atoms with Gasteiger partial charge >= 0.3 is 0 Å². The summed E-state index contributed by atoms with van der Waals surface area (Å²) in [6.07, 6.45) is 2.57. The maximum Gasteiger partial charge on any atom is 0.243 e. The van der Waals surface area contributed by atoms with E-state index in [-0.39, 0.29) is 29.0 Å². The number of ether oxygens (including phenoxy) is 3. The van der Waals surface area contributed by atoms with Crippen LogP contribution in [0.5, 0.6) is 11.5 Å². The van der Waals surface area contributed by atoms with Crippen molar-refractivity contribution in [2.45, 2.75) is 70.8 Å². The zero-order chi connectivity index (χ0) is 35.6. The van der Waals surface area contributed by atoms with E-state index in [1.54, 1.807) is 37.4 Å². The Morgan fingerprint density at radius 3 is 2.40 bits per heavy atom. The van der Waals surface area contributed by atoms with E-state index in [4.69, 9.17) is 19.9 Å². The molecule has 0 amide bonds. The number of nitrogens with zero attached hydrogens (tertiary/aromatic N) is 1. The predicted octanol–water partition coefficient (Wildman–Crippen LogP) is 2.50. The average Bonchev–Trinajstić information content (AvgIpc) is 3.86. The van der Waals surface area contributed by atoms with Crippen LogP contribution in [0.2, 0.25) is 0 Å². The molecule has 1 aliphatic carbocycles. The highest BCUT2D eigenvalue weighted by molar-refractivity contribution is 7.93. The molecule has 5 N–H and O–H groups in total. The van der Waals surface area contributed by atoms with Gasteiger partial charge in [-0.2, -0.15) is 4.31 Å². The summed E-state index contributed by atoms with van der Waals surface area (Å²) < 4.78 is 71.4. The Morgan fingerprint density at radius 1 is 1.00 bits per heavy atom. The van der Waals surface area contributed by atoms with Gasteiger partial charge < -0.3 is 35.5 Å². The molecule has 3 fully saturated rings. The zero-order valence-corrected chi connectivity index (χ0v) is 29.9. The number of rotatable bonds is 15. The summed E-state index contributed by atoms with van der Waals surface area (Å²) in [5, 5.41) is 23.5. The number of nitrogens with two attached hydrogens (primary N) is 1. The molecule has 6 rings (SSSR count). The quantitative estimate of drug-likeness (QED) is 0.181. The summed E-state index contributed by atoms with van der Waals surface area (Å²) in [5.41, 5.74) is 7.91. The smallest absolute Gasteiger partial charge is 0.243 e. The van der Waals surface area contributed by atoms with Gasteiger partial charge in [0.05, 0.1) is 40.5 Å². The molecule has 3 aromatic rings. The third-order valence-electron chi connectivity index (χ3n) is 10.2. The van der Waals surface area contributed by atoms with E-state index in [1.165, 1.54) is 16.4 Å². The van der Waals surface area contributed by atoms with Crippen molar-refractivity contribution in [3.05, 3.63) is 72.3 Å². The molecule has 1 spiro atoms. The number of aliphatic hydroxyl groups is 2. The fourth-order valence-corrected chi connectivity index (χ4v) is 10.2. The molecule has 3 aromatic carbocycles. The molecular weight excluding hydrogens is 683 g/mol. The number of piperidine rings is 1. The molecule has 2 aliphatic heterocycles. The molecule has 0 radical (unpaired) electrons. The van der Waals surface area contributed by atoms with Crippen molar-refractivity contribution in [3.63, 3.8) is 0 Å². The van der Waals surface area contributed by atoms with Crippen LogP contribution in [0.1, 0.15) is 37.7 Å². The van der Waals surface area contributed by atoms with E-state index in [0.29, 0.717) is 75.4 Å². The van der Waals surface area contributed by atoms with Gasteiger partial charge in [-0.25, -0.2) is 16.8 Å². The summed E-state index contributed by atoms with van der Waals surface area (Å²) in [6.45, 7) is 1.44. The second-order valence-corrected chi connectivity index (χ2v) is 17.9. The lowest BCUT2D eigenvalue weighted by Crippen LogP contribution is -2.47. The van der Waals surface area contributed by atoms with E-state index in [0.717, 1.165) is 17.5 Å². The van der Waals surface area contributed by atoms with Gasteiger partial charge in [-0.15, -0.1) is 0 Å². The minimum atomic E-state index is -3.76. The molecule has 12 nitrogen and oxygen atoms in total. The number of aliphatic hydroxyl groups excluding tert-OH is 2. The van der Waals surface area contributed by atoms with Crippen molar-refractivity contribution in [1.29, 1.82) is 0 Å². The van der Waals surface area contributed by atoms with Crippen LogP contribution in [-0.2, 0) is 31.0 Å². The van der Waals surface area contributed by atoms with Gasteiger partial charge in [0.25, 0.3) is 0 Å². The zero-order valence-electron chi connectivity index (χ0n) is 28.3. The van der Waals surface area contributed by atoms with Crippen LogP contribution in [0, 0.1) is 0 Å². The van der Waals surface area contributed by atoms with Crippen LogP contribution < -0.4 is 20.5 Å². The van der Waals surface area contributed by atoms with Gasteiger partial charge in [0.1, 0.15) is 24.2 Å². The summed E-state index contributed by atoms with van der Waals surface area (Å²) in [7, 11) is -5.88. The maximum absolute atomic E-state index is 13.8. The highest BCUT2D eigenvalue weighted by Gasteiger charge is 2.54. The molecule has 0 bridgehead atoms. The number of hydrogen-bond acceptors (Lipinski definition) is 11. The third kappa shape index (κ3) is 7.58. The average molecular weight is 730 g/mol. The highest BCUT2D eigenvalue weighted by atomic mass is 32.2. The van der Waals surface area contributed by atoms with Crippen LogP contribution in [0.3, 0.4) is 0 Å². The molecule has 2 heterocycles. The molecule has 1 unspecified atom stereocenters. The van der Waals surface area contributed by atoms with Crippen LogP contribution in [-0.4, -0.2) is 107 Å². The van der Waals surface area contributed by atoms with E-state index in [1.807, 2.05) is 24.3 Å². The summed E-state index contributed by atoms with van der Waals surface area (Å²) >= 11 is 0. The van der Waals surface area contributed by atoms with Crippen molar-refractivity contribution >= 4 is 19.9 Å². The first-order valence-electron chi connectivity index (χ1n) is 17.1. The largest absolute Gasteiger partial charge is 0.496 e. The fraction of sp³-hybridized carbons (Fsp3) is 0.500. The number of sulfonamides is 1. The standard InChI is InChI=1S/C36H47N3O9S2/c1-46-34-10-9-32(20-33(34)27-7-5-26(6-8-27)11-16-37)50(44,45)39-17-14-35(15-18-39)21-28(23-48-35)38-22-29(41)24-47-30-3-2-4-31(19-30)49(42,43)36(25-40)12-13-36/h2-10,19-20,28-29,38,40-41H,11-18,21-25,37H2,1H3/t28-,29?/m0/s1. The lowest BCUT2D eigenvalue weighted by atomic mass is 9.88. The second kappa shape index (κ2) is 14.9. The Hall–Kier alpha value is -3.08. The van der Waals surface area contributed by atoms with Gasteiger partial charge in [0.2, 0.25) is 10.0 Å². The molecular formula is C36H47N3O9S2. The molecule has 0 aromatic heterocycles. The van der Waals surface area contributed by atoms with E-state index < -0.39 is 42.9 Å². The van der Waals surface area contributed by atoms with Crippen molar-refractivity contribution < 1.29 is 41.3 Å². The van der Waals surface area contributed by atoms with Crippen molar-refractivity contribution in [3.8, 4) is 22.6 Å². The summed E-state index contributed by atoms with van der Waals surface area (Å²) in [4.78, 5) is 0.309. The van der Waals surface area contributed by atoms with Gasteiger partial charge in [0, 0.05) is 31.2 Å². The first-order valence-corrected chi connectivity index (χ1v) is 20.0. The fourth-order valence-electron chi connectivity index (χ4n) is 6.88. The molecule has 50 heavy (non-hydrogen) atoms. The molecule has 2 saturated heterocycles. The number of methoxy groups -OCH3 is 1. The highest BCUT2D eigenvalue weighted by Crippen LogP contribution is 2.46. The Labute approximate surface area is 294 Å². The Balaban J connectivity index is 0.996. The minimum Gasteiger partial charge on any atom is -0.496 e. The van der Waals surface area contributed by atoms with Crippen LogP contribution in [0.15, 0.2) is 76.5 Å². The topological polar surface area (TPSA) is 178 Å². The number of nitrogens with one attached hydrogen (secondary N) is 1. The lowest BCUT2D eigenvalue weighted by molar-refractivity contribution is -0.0312. The van der Waals surface area contributed by atoms with Gasteiger partial charge in [-0.1, -0.05) is 30.3 Å². The van der Waals surface area contributed by atoms with Gasteiger partial charge in [-0.3, -0.25) is 0 Å². The Kier molecular flexibility index (Phi) is 10.9. The molecule has 1 saturated carbocycles. The third-order valence-corrected chi connectivity index (χ3v) is 14.7. The molecule has 272 valence electrons. The predicted molar refractivity (Wildman–Crippen MR) is 188 cm³/mol. The van der Waals surface area contributed by atoms with Gasteiger partial charge in [0.15, 0.2) is 9.84 Å². The van der Waals surface area contributed by atoms with Crippen LogP contribution in [0.25, 0.3) is 11.1 Å². The molecule has 14 heteroatoms. The number of benzene rings is 3. The summed E-state index contributed by atoms with van der Waals surface area (Å²) in [6, 6.07) is 19.0. The second-order valence-electron chi connectivity index (χ2n) is 13.6. The van der Waals surface area contributed by atoms with Crippen molar-refractivity contribution in [2.75, 3.05) is 53.1 Å². The first-order chi connectivity index (χ1) is 23.9. The van der Waals surface area contributed by atoms with Crippen molar-refractivity contribution in [1.82, 2.24) is 9.62 Å². The number of hydrogen-bond donors (Lipinski definition) is 4. The first kappa shape index (κ1) is 36.7. The lowest BCUT2D eigenvalue weighted by Gasteiger charge is -2.38. The molecule has 2 atom stereocenters. The summed E-state index contributed by atoms with van der Waals surface area (Å²) in [5.74, 6) is 0.916. The van der Waals surface area contributed by atoms with E-state index >= 15 is 0 Å². The Morgan fingerprint density at radius 2 is 1.74 bits per heavy atom. The van der Waals surface area contributed by atoms with Crippen molar-refractivity contribution in [2.24, 2.45) is 5.73 Å².